The van der Waals surface area contributed by atoms with Crippen molar-refractivity contribution in [3.8, 4) is 0 Å². The molecule has 0 spiro atoms. The zero-order valence-electron chi connectivity index (χ0n) is 17.8. The molecule has 166 valence electrons. The lowest BCUT2D eigenvalue weighted by molar-refractivity contribution is -0.121. The topological polar surface area (TPSA) is 65.5 Å². The van der Waals surface area contributed by atoms with Gasteiger partial charge in [-0.2, -0.15) is 0 Å². The van der Waals surface area contributed by atoms with E-state index in [1.165, 1.54) is 24.2 Å². The standard InChI is InChI=1S/C23H29ClN4O2S/c1-16-4-2-10-27(12-16)14-20-15-31-23(25-20)26-21(29)18-5-3-11-28(13-18)22(30)17-6-8-19(24)9-7-17/h6-9,15-16,18H,2-5,10-14H2,1H3,(H,25,26,29). The van der Waals surface area contributed by atoms with Crippen LogP contribution in [0.25, 0.3) is 0 Å². The van der Waals surface area contributed by atoms with E-state index in [1.54, 1.807) is 29.2 Å². The first-order chi connectivity index (χ1) is 15.0. The Morgan fingerprint density at radius 2 is 1.94 bits per heavy atom. The molecular weight excluding hydrogens is 432 g/mol. The van der Waals surface area contributed by atoms with Crippen LogP contribution >= 0.6 is 22.9 Å². The largest absolute Gasteiger partial charge is 0.338 e. The van der Waals surface area contributed by atoms with Crippen molar-refractivity contribution >= 4 is 39.9 Å². The fraction of sp³-hybridized carbons (Fsp3) is 0.522. The van der Waals surface area contributed by atoms with Gasteiger partial charge in [0.1, 0.15) is 0 Å². The number of amides is 2. The molecule has 0 aliphatic carbocycles. The molecule has 0 saturated carbocycles. The van der Waals surface area contributed by atoms with E-state index < -0.39 is 0 Å². The number of piperidine rings is 2. The second-order valence-corrected chi connectivity index (χ2v) is 10.0. The van der Waals surface area contributed by atoms with Crippen molar-refractivity contribution in [3.63, 3.8) is 0 Å². The maximum Gasteiger partial charge on any atom is 0.253 e. The molecule has 4 rings (SSSR count). The van der Waals surface area contributed by atoms with Crippen molar-refractivity contribution < 1.29 is 9.59 Å². The molecule has 0 radical (unpaired) electrons. The summed E-state index contributed by atoms with van der Waals surface area (Å²) in [4.78, 5) is 34.5. The highest BCUT2D eigenvalue weighted by atomic mass is 35.5. The van der Waals surface area contributed by atoms with Crippen LogP contribution in [0.2, 0.25) is 5.02 Å². The number of hydrogen-bond donors (Lipinski definition) is 1. The molecule has 1 aromatic heterocycles. The number of anilines is 1. The number of likely N-dealkylation sites (tertiary alicyclic amines) is 2. The number of halogens is 1. The van der Waals surface area contributed by atoms with E-state index in [0.29, 0.717) is 28.8 Å². The van der Waals surface area contributed by atoms with Gasteiger partial charge in [-0.3, -0.25) is 14.5 Å². The van der Waals surface area contributed by atoms with E-state index in [4.69, 9.17) is 11.6 Å². The molecule has 2 saturated heterocycles. The summed E-state index contributed by atoms with van der Waals surface area (Å²) in [6, 6.07) is 6.89. The van der Waals surface area contributed by atoms with Gasteiger partial charge in [0, 0.05) is 42.1 Å². The number of aromatic nitrogens is 1. The van der Waals surface area contributed by atoms with E-state index in [1.807, 2.05) is 5.38 Å². The molecule has 0 bridgehead atoms. The zero-order valence-corrected chi connectivity index (χ0v) is 19.4. The number of nitrogens with one attached hydrogen (secondary N) is 1. The van der Waals surface area contributed by atoms with Gasteiger partial charge in [-0.15, -0.1) is 11.3 Å². The van der Waals surface area contributed by atoms with Crippen molar-refractivity contribution in [2.75, 3.05) is 31.5 Å². The summed E-state index contributed by atoms with van der Waals surface area (Å²) < 4.78 is 0. The first-order valence-corrected chi connectivity index (χ1v) is 12.3. The first-order valence-electron chi connectivity index (χ1n) is 11.0. The third kappa shape index (κ3) is 5.84. The van der Waals surface area contributed by atoms with E-state index in [-0.39, 0.29) is 17.7 Å². The normalized spacial score (nSPS) is 22.3. The number of hydrogen-bond acceptors (Lipinski definition) is 5. The fourth-order valence-electron chi connectivity index (χ4n) is 4.45. The summed E-state index contributed by atoms with van der Waals surface area (Å²) in [5.74, 6) is 0.402. The molecule has 2 aliphatic heterocycles. The monoisotopic (exact) mass is 460 g/mol. The first kappa shape index (κ1) is 22.2. The summed E-state index contributed by atoms with van der Waals surface area (Å²) in [5.41, 5.74) is 1.61. The molecule has 8 heteroatoms. The highest BCUT2D eigenvalue weighted by molar-refractivity contribution is 7.13. The lowest BCUT2D eigenvalue weighted by Crippen LogP contribution is -2.43. The van der Waals surface area contributed by atoms with Crippen LogP contribution in [-0.4, -0.2) is 52.8 Å². The minimum absolute atomic E-state index is 0.0542. The predicted octanol–water partition coefficient (Wildman–Crippen LogP) is 4.52. The molecule has 2 aromatic rings. The number of benzene rings is 1. The van der Waals surface area contributed by atoms with Gasteiger partial charge in [0.05, 0.1) is 11.6 Å². The van der Waals surface area contributed by atoms with E-state index in [2.05, 4.69) is 22.1 Å². The summed E-state index contributed by atoms with van der Waals surface area (Å²) in [6.07, 6.45) is 4.13. The number of thiazole rings is 1. The molecule has 2 atom stereocenters. The second kappa shape index (κ2) is 10.1. The summed E-state index contributed by atoms with van der Waals surface area (Å²) in [7, 11) is 0. The van der Waals surface area contributed by atoms with Gasteiger partial charge in [0.25, 0.3) is 5.91 Å². The van der Waals surface area contributed by atoms with Crippen LogP contribution in [-0.2, 0) is 11.3 Å². The summed E-state index contributed by atoms with van der Waals surface area (Å²) >= 11 is 7.39. The Bertz CT molecular complexity index is 917. The van der Waals surface area contributed by atoms with E-state index >= 15 is 0 Å². The number of rotatable bonds is 5. The molecule has 1 N–H and O–H groups in total. The van der Waals surface area contributed by atoms with Crippen LogP contribution in [0, 0.1) is 11.8 Å². The van der Waals surface area contributed by atoms with Crippen LogP contribution in [0.3, 0.4) is 0 Å². The maximum atomic E-state index is 12.8. The van der Waals surface area contributed by atoms with Crippen molar-refractivity contribution in [1.82, 2.24) is 14.8 Å². The maximum absolute atomic E-state index is 12.8. The zero-order chi connectivity index (χ0) is 21.8. The van der Waals surface area contributed by atoms with Gasteiger partial charge in [-0.1, -0.05) is 18.5 Å². The van der Waals surface area contributed by atoms with Gasteiger partial charge in [0.2, 0.25) is 5.91 Å². The van der Waals surface area contributed by atoms with Crippen molar-refractivity contribution in [3.05, 3.63) is 45.9 Å². The molecule has 2 unspecified atom stereocenters. The Morgan fingerprint density at radius 3 is 2.71 bits per heavy atom. The van der Waals surface area contributed by atoms with Crippen LogP contribution < -0.4 is 5.32 Å². The predicted molar refractivity (Wildman–Crippen MR) is 124 cm³/mol. The van der Waals surface area contributed by atoms with Crippen LogP contribution in [0.5, 0.6) is 0 Å². The van der Waals surface area contributed by atoms with Crippen LogP contribution in [0.4, 0.5) is 5.13 Å². The Balaban J connectivity index is 1.31. The lowest BCUT2D eigenvalue weighted by atomic mass is 9.96. The van der Waals surface area contributed by atoms with E-state index in [0.717, 1.165) is 44.1 Å². The Morgan fingerprint density at radius 1 is 1.16 bits per heavy atom. The van der Waals surface area contributed by atoms with Crippen molar-refractivity contribution in [2.45, 2.75) is 39.2 Å². The number of carbonyl (C=O) groups is 2. The fourth-order valence-corrected chi connectivity index (χ4v) is 5.28. The van der Waals surface area contributed by atoms with Gasteiger partial charge in [0.15, 0.2) is 5.13 Å². The average molecular weight is 461 g/mol. The van der Waals surface area contributed by atoms with Crippen molar-refractivity contribution in [1.29, 1.82) is 0 Å². The molecule has 3 heterocycles. The highest BCUT2D eigenvalue weighted by Crippen LogP contribution is 2.24. The minimum atomic E-state index is -0.222. The smallest absolute Gasteiger partial charge is 0.253 e. The van der Waals surface area contributed by atoms with Crippen LogP contribution in [0.1, 0.15) is 48.7 Å². The van der Waals surface area contributed by atoms with Crippen LogP contribution in [0.15, 0.2) is 29.6 Å². The molecule has 31 heavy (non-hydrogen) atoms. The average Bonchev–Trinajstić information content (AvgIpc) is 3.20. The van der Waals surface area contributed by atoms with Gasteiger partial charge >= 0.3 is 0 Å². The molecule has 2 aliphatic rings. The van der Waals surface area contributed by atoms with Gasteiger partial charge < -0.3 is 10.2 Å². The summed E-state index contributed by atoms with van der Waals surface area (Å²) in [6.45, 7) is 6.45. The SMILES string of the molecule is CC1CCCN(Cc2csc(NC(=O)C3CCCN(C(=O)c4ccc(Cl)cc4)C3)n2)C1. The number of nitrogens with zero attached hydrogens (tertiary/aromatic N) is 3. The Hall–Kier alpha value is -1.96. The Labute approximate surface area is 192 Å². The lowest BCUT2D eigenvalue weighted by Gasteiger charge is -2.32. The van der Waals surface area contributed by atoms with E-state index in [9.17, 15) is 9.59 Å². The molecule has 6 nitrogen and oxygen atoms in total. The van der Waals surface area contributed by atoms with Gasteiger partial charge in [-0.25, -0.2) is 4.98 Å². The highest BCUT2D eigenvalue weighted by Gasteiger charge is 2.29. The minimum Gasteiger partial charge on any atom is -0.338 e. The second-order valence-electron chi connectivity index (χ2n) is 8.71. The molecular formula is C23H29ClN4O2S. The Kier molecular flexibility index (Phi) is 7.25. The third-order valence-electron chi connectivity index (χ3n) is 6.08. The quantitative estimate of drug-likeness (QED) is 0.712. The molecule has 2 amide bonds. The molecule has 1 aromatic carbocycles. The van der Waals surface area contributed by atoms with Gasteiger partial charge in [-0.05, 0) is 62.4 Å². The number of carbonyl (C=O) groups excluding carboxylic acids is 2. The third-order valence-corrected chi connectivity index (χ3v) is 7.14. The van der Waals surface area contributed by atoms with Crippen molar-refractivity contribution in [2.24, 2.45) is 11.8 Å². The summed E-state index contributed by atoms with van der Waals surface area (Å²) in [5, 5.41) is 6.26. The molecule has 2 fully saturated rings.